The van der Waals surface area contributed by atoms with E-state index in [1.165, 1.54) is 0 Å². The zero-order chi connectivity index (χ0) is 13.3. The van der Waals surface area contributed by atoms with Gasteiger partial charge in [0.25, 0.3) is 0 Å². The minimum absolute atomic E-state index is 0.119. The van der Waals surface area contributed by atoms with Gasteiger partial charge in [-0.25, -0.2) is 9.59 Å². The van der Waals surface area contributed by atoms with Gasteiger partial charge in [0.1, 0.15) is 0 Å². The Morgan fingerprint density at radius 2 is 1.94 bits per heavy atom. The summed E-state index contributed by atoms with van der Waals surface area (Å²) < 4.78 is 9.77. The van der Waals surface area contributed by atoms with Gasteiger partial charge in [-0.1, -0.05) is 6.58 Å². The van der Waals surface area contributed by atoms with E-state index in [1.54, 1.807) is 20.8 Å². The summed E-state index contributed by atoms with van der Waals surface area (Å²) in [7, 11) is 0. The van der Waals surface area contributed by atoms with Crippen molar-refractivity contribution in [1.82, 2.24) is 5.32 Å². The van der Waals surface area contributed by atoms with Crippen LogP contribution in [0.25, 0.3) is 0 Å². The first-order valence-electron chi connectivity index (χ1n) is 5.70. The van der Waals surface area contributed by atoms with Gasteiger partial charge in [0.05, 0.1) is 12.7 Å². The summed E-state index contributed by atoms with van der Waals surface area (Å²) in [5, 5.41) is 2.61. The third-order valence-electron chi connectivity index (χ3n) is 1.76. The van der Waals surface area contributed by atoms with Crippen molar-refractivity contribution in [2.75, 3.05) is 13.2 Å². The van der Waals surface area contributed by atoms with E-state index >= 15 is 0 Å². The van der Waals surface area contributed by atoms with Gasteiger partial charge in [-0.2, -0.15) is 0 Å². The number of unbranched alkanes of at least 4 members (excludes halogenated alkanes) is 1. The third-order valence-corrected chi connectivity index (χ3v) is 1.76. The van der Waals surface area contributed by atoms with Gasteiger partial charge < -0.3 is 14.8 Å². The molecule has 0 fully saturated rings. The molecule has 17 heavy (non-hydrogen) atoms. The Hall–Kier alpha value is -1.52. The number of nitrogens with one attached hydrogen (secondary N) is 1. The van der Waals surface area contributed by atoms with Crippen molar-refractivity contribution >= 4 is 12.1 Å². The molecule has 0 radical (unpaired) electrons. The lowest BCUT2D eigenvalue weighted by molar-refractivity contribution is -0.139. The summed E-state index contributed by atoms with van der Waals surface area (Å²) in [6.45, 7) is 9.50. The fourth-order valence-corrected chi connectivity index (χ4v) is 0.961. The number of ether oxygens (including phenoxy) is 2. The third kappa shape index (κ3) is 9.41. The Morgan fingerprint density at radius 1 is 1.29 bits per heavy atom. The highest BCUT2D eigenvalue weighted by atomic mass is 16.6. The van der Waals surface area contributed by atoms with Crippen LogP contribution in [0.3, 0.4) is 0 Å². The fourth-order valence-electron chi connectivity index (χ4n) is 0.961. The van der Waals surface area contributed by atoms with E-state index in [0.29, 0.717) is 25.1 Å². The fraction of sp³-hybridized carbons (Fsp3) is 0.667. The highest BCUT2D eigenvalue weighted by molar-refractivity contribution is 5.86. The number of amides is 1. The van der Waals surface area contributed by atoms with Crippen LogP contribution in [0.5, 0.6) is 0 Å². The van der Waals surface area contributed by atoms with Gasteiger partial charge in [-0.15, -0.1) is 0 Å². The highest BCUT2D eigenvalue weighted by Gasteiger charge is 2.04. The van der Waals surface area contributed by atoms with E-state index in [2.05, 4.69) is 11.9 Å². The highest BCUT2D eigenvalue weighted by Crippen LogP contribution is 1.95. The number of hydrogen-bond acceptors (Lipinski definition) is 4. The first kappa shape index (κ1) is 15.5. The van der Waals surface area contributed by atoms with E-state index in [4.69, 9.17) is 9.47 Å². The second kappa shape index (κ2) is 8.61. The summed E-state index contributed by atoms with van der Waals surface area (Å²) in [5.74, 6) is -0.378. The van der Waals surface area contributed by atoms with Crippen molar-refractivity contribution in [2.24, 2.45) is 0 Å². The molecule has 0 aromatic heterocycles. The van der Waals surface area contributed by atoms with Crippen LogP contribution in [0.15, 0.2) is 12.2 Å². The standard InChI is InChI=1S/C12H21NO4/c1-9(2)11(14)16-8-6-5-7-13-12(15)17-10(3)4/h10H,1,5-8H2,2-4H3,(H,13,15). The van der Waals surface area contributed by atoms with Crippen LogP contribution in [0.2, 0.25) is 0 Å². The van der Waals surface area contributed by atoms with Crippen LogP contribution in [0.4, 0.5) is 4.79 Å². The van der Waals surface area contributed by atoms with Crippen molar-refractivity contribution in [3.63, 3.8) is 0 Å². The van der Waals surface area contributed by atoms with Gasteiger partial charge in [-0.05, 0) is 33.6 Å². The number of carbonyl (C=O) groups is 2. The molecule has 0 unspecified atom stereocenters. The normalized spacial score (nSPS) is 9.88. The largest absolute Gasteiger partial charge is 0.462 e. The Morgan fingerprint density at radius 3 is 2.47 bits per heavy atom. The Balaban J connectivity index is 3.38. The number of rotatable bonds is 7. The second-order valence-electron chi connectivity index (χ2n) is 4.00. The minimum atomic E-state index is -0.418. The molecule has 0 saturated heterocycles. The summed E-state index contributed by atoms with van der Waals surface area (Å²) in [6, 6.07) is 0. The van der Waals surface area contributed by atoms with E-state index in [1.807, 2.05) is 0 Å². The maximum atomic E-state index is 11.1. The zero-order valence-corrected chi connectivity index (χ0v) is 10.7. The predicted octanol–water partition coefficient (Wildman–Crippen LogP) is 2.02. The van der Waals surface area contributed by atoms with Crippen molar-refractivity contribution in [3.8, 4) is 0 Å². The quantitative estimate of drug-likeness (QED) is 0.422. The Bertz CT molecular complexity index is 274. The Labute approximate surface area is 102 Å². The van der Waals surface area contributed by atoms with Crippen molar-refractivity contribution in [1.29, 1.82) is 0 Å². The maximum Gasteiger partial charge on any atom is 0.407 e. The van der Waals surface area contributed by atoms with Gasteiger partial charge in [0.2, 0.25) is 0 Å². The minimum Gasteiger partial charge on any atom is -0.462 e. The predicted molar refractivity (Wildman–Crippen MR) is 64.6 cm³/mol. The molecule has 0 heterocycles. The van der Waals surface area contributed by atoms with Crippen LogP contribution in [0, 0.1) is 0 Å². The molecule has 0 aliphatic rings. The molecule has 0 spiro atoms. The number of alkyl carbamates (subject to hydrolysis) is 1. The summed E-state index contributed by atoms with van der Waals surface area (Å²) in [5.41, 5.74) is 0.392. The molecule has 0 saturated carbocycles. The van der Waals surface area contributed by atoms with Crippen LogP contribution in [-0.2, 0) is 14.3 Å². The monoisotopic (exact) mass is 243 g/mol. The summed E-state index contributed by atoms with van der Waals surface area (Å²) >= 11 is 0. The lowest BCUT2D eigenvalue weighted by atomic mass is 10.3. The molecular formula is C12H21NO4. The van der Waals surface area contributed by atoms with Crippen molar-refractivity contribution in [3.05, 3.63) is 12.2 Å². The van der Waals surface area contributed by atoms with E-state index in [-0.39, 0.29) is 12.1 Å². The topological polar surface area (TPSA) is 64.6 Å². The number of carbonyl (C=O) groups excluding carboxylic acids is 2. The van der Waals surface area contributed by atoms with Crippen LogP contribution in [0.1, 0.15) is 33.6 Å². The summed E-state index contributed by atoms with van der Waals surface area (Å²) in [4.78, 5) is 22.0. The van der Waals surface area contributed by atoms with Crippen LogP contribution in [-0.4, -0.2) is 31.3 Å². The lowest BCUT2D eigenvalue weighted by Crippen LogP contribution is -2.27. The average molecular weight is 243 g/mol. The van der Waals surface area contributed by atoms with Crippen molar-refractivity contribution in [2.45, 2.75) is 39.7 Å². The SMILES string of the molecule is C=C(C)C(=O)OCCCCNC(=O)OC(C)C. The maximum absolute atomic E-state index is 11.1. The molecule has 1 amide bonds. The Kier molecular flexibility index (Phi) is 7.84. The van der Waals surface area contributed by atoms with E-state index in [9.17, 15) is 9.59 Å². The smallest absolute Gasteiger partial charge is 0.407 e. The van der Waals surface area contributed by atoms with E-state index < -0.39 is 6.09 Å². The zero-order valence-electron chi connectivity index (χ0n) is 10.7. The second-order valence-corrected chi connectivity index (χ2v) is 4.00. The summed E-state index contributed by atoms with van der Waals surface area (Å²) in [6.07, 6.45) is 0.892. The molecule has 98 valence electrons. The lowest BCUT2D eigenvalue weighted by Gasteiger charge is -2.09. The molecule has 0 rings (SSSR count). The molecular weight excluding hydrogens is 222 g/mol. The van der Waals surface area contributed by atoms with Gasteiger partial charge in [0, 0.05) is 12.1 Å². The molecule has 5 nitrogen and oxygen atoms in total. The molecule has 0 atom stereocenters. The van der Waals surface area contributed by atoms with Gasteiger partial charge >= 0.3 is 12.1 Å². The number of esters is 1. The molecule has 0 aliphatic carbocycles. The van der Waals surface area contributed by atoms with Crippen LogP contribution >= 0.6 is 0 Å². The molecule has 5 heteroatoms. The molecule has 0 aliphatic heterocycles. The molecule has 1 N–H and O–H groups in total. The van der Waals surface area contributed by atoms with Crippen molar-refractivity contribution < 1.29 is 19.1 Å². The molecule has 0 bridgehead atoms. The van der Waals surface area contributed by atoms with Crippen LogP contribution < -0.4 is 5.32 Å². The molecule has 0 aromatic rings. The average Bonchev–Trinajstić information content (AvgIpc) is 2.21. The molecule has 0 aromatic carbocycles. The van der Waals surface area contributed by atoms with E-state index in [0.717, 1.165) is 6.42 Å². The van der Waals surface area contributed by atoms with Gasteiger partial charge in [0.15, 0.2) is 0 Å². The first-order chi connectivity index (χ1) is 7.93. The first-order valence-corrected chi connectivity index (χ1v) is 5.70. The number of hydrogen-bond donors (Lipinski definition) is 1. The van der Waals surface area contributed by atoms with Gasteiger partial charge in [-0.3, -0.25) is 0 Å².